The Morgan fingerprint density at radius 2 is 2.25 bits per heavy atom. The van der Waals surface area contributed by atoms with Crippen molar-refractivity contribution in [1.82, 2.24) is 4.90 Å². The fourth-order valence-corrected chi connectivity index (χ4v) is 1.48. The second-order valence-corrected chi connectivity index (χ2v) is 3.84. The van der Waals surface area contributed by atoms with Gasteiger partial charge in [-0.25, -0.2) is 0 Å². The molecule has 0 radical (unpaired) electrons. The number of ether oxygens (including phenoxy) is 1. The number of amidine groups is 1. The Bertz CT molecular complexity index is 352. The van der Waals surface area contributed by atoms with E-state index in [0.29, 0.717) is 0 Å². The molecule has 0 bridgehead atoms. The van der Waals surface area contributed by atoms with Crippen molar-refractivity contribution < 1.29 is 4.74 Å². The van der Waals surface area contributed by atoms with E-state index in [2.05, 4.69) is 4.90 Å². The van der Waals surface area contributed by atoms with Crippen LogP contribution in [-0.4, -0.2) is 38.0 Å². The topological polar surface area (TPSA) is 62.3 Å². The molecule has 16 heavy (non-hydrogen) atoms. The Kier molecular flexibility index (Phi) is 4.95. The Morgan fingerprint density at radius 1 is 1.50 bits per heavy atom. The van der Waals surface area contributed by atoms with Crippen molar-refractivity contribution in [3.05, 3.63) is 35.4 Å². The first kappa shape index (κ1) is 12.7. The van der Waals surface area contributed by atoms with Crippen molar-refractivity contribution in [2.45, 2.75) is 6.54 Å². The molecule has 88 valence electrons. The Balaban J connectivity index is 2.59. The van der Waals surface area contributed by atoms with Gasteiger partial charge in [-0.1, -0.05) is 18.2 Å². The van der Waals surface area contributed by atoms with Crippen LogP contribution in [0.5, 0.6) is 0 Å². The molecule has 1 aromatic rings. The van der Waals surface area contributed by atoms with Crippen LogP contribution in [0.2, 0.25) is 0 Å². The van der Waals surface area contributed by atoms with Crippen LogP contribution in [-0.2, 0) is 11.3 Å². The minimum atomic E-state index is 0.112. The standard InChI is InChI=1S/C12H19N3O/c1-15(6-7-16-2)9-10-4-3-5-11(8-10)12(13)14/h3-5,8H,6-7,9H2,1-2H3,(H3,13,14). The summed E-state index contributed by atoms with van der Waals surface area (Å²) in [5, 5.41) is 7.37. The van der Waals surface area contributed by atoms with Crippen molar-refractivity contribution in [2.75, 3.05) is 27.3 Å². The molecule has 0 unspecified atom stereocenters. The van der Waals surface area contributed by atoms with E-state index in [1.54, 1.807) is 7.11 Å². The van der Waals surface area contributed by atoms with Gasteiger partial charge in [0, 0.05) is 25.8 Å². The zero-order valence-corrected chi connectivity index (χ0v) is 9.86. The van der Waals surface area contributed by atoms with Gasteiger partial charge in [-0.3, -0.25) is 10.3 Å². The van der Waals surface area contributed by atoms with E-state index in [9.17, 15) is 0 Å². The fraction of sp³-hybridized carbons (Fsp3) is 0.417. The minimum absolute atomic E-state index is 0.112. The molecular formula is C12H19N3O. The van der Waals surface area contributed by atoms with Gasteiger partial charge in [-0.05, 0) is 18.7 Å². The van der Waals surface area contributed by atoms with Gasteiger partial charge >= 0.3 is 0 Å². The third-order valence-electron chi connectivity index (χ3n) is 2.37. The van der Waals surface area contributed by atoms with Crippen LogP contribution >= 0.6 is 0 Å². The molecule has 0 saturated carbocycles. The summed E-state index contributed by atoms with van der Waals surface area (Å²) in [6.45, 7) is 2.45. The summed E-state index contributed by atoms with van der Waals surface area (Å²) in [5.74, 6) is 0.112. The number of nitrogens with zero attached hydrogens (tertiary/aromatic N) is 1. The first-order valence-electron chi connectivity index (χ1n) is 5.24. The third kappa shape index (κ3) is 4.00. The van der Waals surface area contributed by atoms with Gasteiger partial charge in [-0.15, -0.1) is 0 Å². The minimum Gasteiger partial charge on any atom is -0.384 e. The predicted octanol–water partition coefficient (Wildman–Crippen LogP) is 1.05. The Morgan fingerprint density at radius 3 is 2.88 bits per heavy atom. The number of hydrogen-bond acceptors (Lipinski definition) is 3. The Hall–Kier alpha value is -1.39. The zero-order chi connectivity index (χ0) is 12.0. The average molecular weight is 221 g/mol. The average Bonchev–Trinajstić information content (AvgIpc) is 2.26. The quantitative estimate of drug-likeness (QED) is 0.557. The number of nitrogens with two attached hydrogens (primary N) is 1. The lowest BCUT2D eigenvalue weighted by atomic mass is 10.1. The molecule has 4 nitrogen and oxygen atoms in total. The number of nitrogen functional groups attached to an aromatic ring is 1. The smallest absolute Gasteiger partial charge is 0.122 e. The van der Waals surface area contributed by atoms with Gasteiger partial charge < -0.3 is 10.5 Å². The van der Waals surface area contributed by atoms with Crippen LogP contribution in [0, 0.1) is 5.41 Å². The normalized spacial score (nSPS) is 10.7. The SMILES string of the molecule is COCCN(C)Cc1cccc(C(=N)N)c1. The summed E-state index contributed by atoms with van der Waals surface area (Å²) in [7, 11) is 3.74. The van der Waals surface area contributed by atoms with E-state index in [4.69, 9.17) is 15.9 Å². The molecule has 4 heteroatoms. The lowest BCUT2D eigenvalue weighted by Crippen LogP contribution is -2.22. The van der Waals surface area contributed by atoms with E-state index in [0.717, 1.165) is 30.8 Å². The van der Waals surface area contributed by atoms with Crippen molar-refractivity contribution in [3.8, 4) is 0 Å². The summed E-state index contributed by atoms with van der Waals surface area (Å²) in [4.78, 5) is 2.17. The van der Waals surface area contributed by atoms with Gasteiger partial charge in [0.25, 0.3) is 0 Å². The Labute approximate surface area is 96.5 Å². The molecule has 1 rings (SSSR count). The van der Waals surface area contributed by atoms with Crippen LogP contribution in [0.25, 0.3) is 0 Å². The summed E-state index contributed by atoms with van der Waals surface area (Å²) in [6.07, 6.45) is 0. The van der Waals surface area contributed by atoms with E-state index >= 15 is 0 Å². The van der Waals surface area contributed by atoms with E-state index in [-0.39, 0.29) is 5.84 Å². The number of nitrogens with one attached hydrogen (secondary N) is 1. The van der Waals surface area contributed by atoms with Crippen LogP contribution in [0.1, 0.15) is 11.1 Å². The van der Waals surface area contributed by atoms with E-state index in [1.165, 1.54) is 0 Å². The fourth-order valence-electron chi connectivity index (χ4n) is 1.48. The molecule has 0 spiro atoms. The highest BCUT2D eigenvalue weighted by Gasteiger charge is 2.02. The van der Waals surface area contributed by atoms with Gasteiger partial charge in [0.05, 0.1) is 6.61 Å². The molecule has 0 amide bonds. The molecule has 1 aromatic carbocycles. The van der Waals surface area contributed by atoms with Gasteiger partial charge in [0.1, 0.15) is 5.84 Å². The van der Waals surface area contributed by atoms with Crippen LogP contribution < -0.4 is 5.73 Å². The van der Waals surface area contributed by atoms with Crippen LogP contribution in [0.15, 0.2) is 24.3 Å². The number of rotatable bonds is 6. The van der Waals surface area contributed by atoms with Crippen molar-refractivity contribution in [2.24, 2.45) is 5.73 Å². The molecular weight excluding hydrogens is 202 g/mol. The van der Waals surface area contributed by atoms with E-state index in [1.807, 2.05) is 31.3 Å². The molecule has 0 heterocycles. The largest absolute Gasteiger partial charge is 0.384 e. The van der Waals surface area contributed by atoms with Crippen molar-refractivity contribution >= 4 is 5.84 Å². The summed E-state index contributed by atoms with van der Waals surface area (Å²) < 4.78 is 5.02. The van der Waals surface area contributed by atoms with Crippen molar-refractivity contribution in [3.63, 3.8) is 0 Å². The summed E-state index contributed by atoms with van der Waals surface area (Å²) in [5.41, 5.74) is 7.38. The molecule has 3 N–H and O–H groups in total. The zero-order valence-electron chi connectivity index (χ0n) is 9.86. The van der Waals surface area contributed by atoms with Crippen LogP contribution in [0.4, 0.5) is 0 Å². The summed E-state index contributed by atoms with van der Waals surface area (Å²) in [6, 6.07) is 7.76. The molecule has 0 aliphatic heterocycles. The maximum absolute atomic E-state index is 7.37. The van der Waals surface area contributed by atoms with Crippen molar-refractivity contribution in [1.29, 1.82) is 5.41 Å². The number of benzene rings is 1. The van der Waals surface area contributed by atoms with Gasteiger partial charge in [0.2, 0.25) is 0 Å². The molecule has 0 atom stereocenters. The first-order chi connectivity index (χ1) is 7.63. The van der Waals surface area contributed by atoms with E-state index < -0.39 is 0 Å². The summed E-state index contributed by atoms with van der Waals surface area (Å²) >= 11 is 0. The first-order valence-corrected chi connectivity index (χ1v) is 5.24. The monoisotopic (exact) mass is 221 g/mol. The second-order valence-electron chi connectivity index (χ2n) is 3.84. The number of hydrogen-bond donors (Lipinski definition) is 2. The van der Waals surface area contributed by atoms with Gasteiger partial charge in [-0.2, -0.15) is 0 Å². The lowest BCUT2D eigenvalue weighted by Gasteiger charge is -2.16. The molecule has 0 aliphatic carbocycles. The van der Waals surface area contributed by atoms with Crippen LogP contribution in [0.3, 0.4) is 0 Å². The highest BCUT2D eigenvalue weighted by molar-refractivity contribution is 5.95. The predicted molar refractivity (Wildman–Crippen MR) is 65.7 cm³/mol. The second kappa shape index (κ2) is 6.25. The highest BCUT2D eigenvalue weighted by atomic mass is 16.5. The number of likely N-dealkylation sites (N-methyl/N-ethyl adjacent to an activating group) is 1. The third-order valence-corrected chi connectivity index (χ3v) is 2.37. The lowest BCUT2D eigenvalue weighted by molar-refractivity contribution is 0.158. The highest BCUT2D eigenvalue weighted by Crippen LogP contribution is 2.07. The molecule has 0 fully saturated rings. The molecule has 0 saturated heterocycles. The van der Waals surface area contributed by atoms with Gasteiger partial charge in [0.15, 0.2) is 0 Å². The maximum atomic E-state index is 7.37. The molecule has 0 aliphatic rings. The molecule has 0 aromatic heterocycles. The number of methoxy groups -OCH3 is 1. The maximum Gasteiger partial charge on any atom is 0.122 e.